The molecule has 0 bridgehead atoms. The van der Waals surface area contributed by atoms with Crippen LogP contribution in [0.5, 0.6) is 0 Å². The summed E-state index contributed by atoms with van der Waals surface area (Å²) in [5.74, 6) is 6.82. The van der Waals surface area contributed by atoms with Gasteiger partial charge in [-0.15, -0.1) is 5.92 Å². The van der Waals surface area contributed by atoms with Crippen molar-refractivity contribution in [1.29, 1.82) is 0 Å². The zero-order chi connectivity index (χ0) is 27.5. The van der Waals surface area contributed by atoms with E-state index in [1.807, 2.05) is 26.0 Å². The van der Waals surface area contributed by atoms with Gasteiger partial charge in [-0.05, 0) is 77.6 Å². The summed E-state index contributed by atoms with van der Waals surface area (Å²) in [5.41, 5.74) is 11.3. The average Bonchev–Trinajstić information content (AvgIpc) is 3.07. The molecule has 1 aliphatic heterocycles. The molecular formula is C32H45N5O. The van der Waals surface area contributed by atoms with Crippen LogP contribution in [0.25, 0.3) is 5.70 Å². The molecule has 204 valence electrons. The Morgan fingerprint density at radius 2 is 2.08 bits per heavy atom. The van der Waals surface area contributed by atoms with Crippen LogP contribution in [0.4, 0.5) is 5.82 Å². The van der Waals surface area contributed by atoms with Gasteiger partial charge in [0.1, 0.15) is 5.82 Å². The molecule has 1 aromatic rings. The summed E-state index contributed by atoms with van der Waals surface area (Å²) in [5, 5.41) is 7.07. The minimum atomic E-state index is -0.286. The van der Waals surface area contributed by atoms with Crippen molar-refractivity contribution in [3.63, 3.8) is 0 Å². The minimum Gasteiger partial charge on any atom is -0.384 e. The Bertz CT molecular complexity index is 1100. The van der Waals surface area contributed by atoms with Crippen LogP contribution in [-0.4, -0.2) is 47.4 Å². The number of nitrogens with one attached hydrogen (secondary N) is 2. The molecule has 0 aromatic carbocycles. The van der Waals surface area contributed by atoms with E-state index in [1.165, 1.54) is 11.1 Å². The van der Waals surface area contributed by atoms with Crippen LogP contribution in [0.15, 0.2) is 60.5 Å². The number of pyridine rings is 1. The number of nitrogens with zero attached hydrogens (tertiary/aromatic N) is 2. The summed E-state index contributed by atoms with van der Waals surface area (Å²) in [7, 11) is 0. The molecule has 6 heteroatoms. The standard InChI is InChI=1S/C32H45N5O/c1-6-7-8-9-14-28-21-37(19-12-13-23(28)2)22-31(38)26(5)35-25(4)29-15-10-11-16-30(29)36-24(3)27-17-18-32(33)34-20-27/h8-9,17-18,20,26,29-30,35-36H,3-4,10-16,19,21-22H2,1-2,5H3,(H2,33,34)/b9-8-/t26?,29-,30-/m0/s1. The first-order valence-corrected chi connectivity index (χ1v) is 13.9. The first kappa shape index (κ1) is 29.3. The molecule has 3 rings (SSSR count). The maximum atomic E-state index is 13.3. The molecule has 38 heavy (non-hydrogen) atoms. The van der Waals surface area contributed by atoms with E-state index < -0.39 is 0 Å². The van der Waals surface area contributed by atoms with E-state index in [9.17, 15) is 4.79 Å². The number of anilines is 1. The molecule has 0 spiro atoms. The lowest BCUT2D eigenvalue weighted by Gasteiger charge is -2.36. The normalized spacial score (nSPS) is 21.2. The molecule has 0 saturated heterocycles. The Balaban J connectivity index is 1.55. The number of Topliss-reactive ketones (excluding diaryl/α,β-unsaturated/α-hetero) is 1. The zero-order valence-electron chi connectivity index (χ0n) is 23.5. The Morgan fingerprint density at radius 1 is 1.29 bits per heavy atom. The fraction of sp³-hybridized carbons (Fsp3) is 0.500. The Kier molecular flexibility index (Phi) is 11.2. The van der Waals surface area contributed by atoms with E-state index in [1.54, 1.807) is 12.3 Å². The highest BCUT2D eigenvalue weighted by Gasteiger charge is 2.29. The van der Waals surface area contributed by atoms with Crippen molar-refractivity contribution >= 4 is 17.3 Å². The van der Waals surface area contributed by atoms with Crippen molar-refractivity contribution in [3.05, 3.63) is 66.0 Å². The lowest BCUT2D eigenvalue weighted by atomic mass is 9.82. The average molecular weight is 516 g/mol. The summed E-state index contributed by atoms with van der Waals surface area (Å²) < 4.78 is 0. The molecule has 6 nitrogen and oxygen atoms in total. The van der Waals surface area contributed by atoms with Crippen LogP contribution in [0, 0.1) is 17.8 Å². The summed E-state index contributed by atoms with van der Waals surface area (Å²) >= 11 is 0. The van der Waals surface area contributed by atoms with Crippen molar-refractivity contribution in [2.45, 2.75) is 77.8 Å². The van der Waals surface area contributed by atoms with Crippen LogP contribution in [-0.2, 0) is 4.79 Å². The van der Waals surface area contributed by atoms with E-state index in [0.29, 0.717) is 12.4 Å². The first-order chi connectivity index (χ1) is 18.3. The molecule has 1 saturated carbocycles. The van der Waals surface area contributed by atoms with Crippen LogP contribution in [0.1, 0.15) is 71.3 Å². The second kappa shape index (κ2) is 14.6. The van der Waals surface area contributed by atoms with Gasteiger partial charge in [-0.2, -0.15) is 0 Å². The molecule has 2 aliphatic rings. The van der Waals surface area contributed by atoms with E-state index in [2.05, 4.69) is 58.5 Å². The molecule has 1 unspecified atom stereocenters. The van der Waals surface area contributed by atoms with Crippen molar-refractivity contribution in [3.8, 4) is 11.8 Å². The summed E-state index contributed by atoms with van der Waals surface area (Å²) in [6.45, 7) is 16.9. The van der Waals surface area contributed by atoms with Crippen molar-refractivity contribution in [1.82, 2.24) is 20.5 Å². The second-order valence-electron chi connectivity index (χ2n) is 10.6. The van der Waals surface area contributed by atoms with Gasteiger partial charge in [0.05, 0.1) is 12.6 Å². The molecule has 3 atom stereocenters. The summed E-state index contributed by atoms with van der Waals surface area (Å²) in [6.07, 6.45) is 13.2. The number of carbonyl (C=O) groups is 1. The monoisotopic (exact) mass is 515 g/mol. The van der Waals surface area contributed by atoms with E-state index in [0.717, 1.165) is 75.0 Å². The Morgan fingerprint density at radius 3 is 2.82 bits per heavy atom. The van der Waals surface area contributed by atoms with Gasteiger partial charge in [-0.25, -0.2) is 4.98 Å². The molecular weight excluding hydrogens is 470 g/mol. The van der Waals surface area contributed by atoms with Crippen molar-refractivity contribution in [2.75, 3.05) is 25.4 Å². The third-order valence-corrected chi connectivity index (χ3v) is 7.73. The number of nitrogens with two attached hydrogens (primary N) is 1. The maximum Gasteiger partial charge on any atom is 0.168 e. The largest absolute Gasteiger partial charge is 0.384 e. The SMILES string of the molecule is C=C(N[C@H]1CCCC[C@H]1C(=C)NC(C)C(=O)CN1CCCC(C)=C(C/C=C\C#CC)C1)c1ccc(N)nc1. The minimum absolute atomic E-state index is 0.204. The lowest BCUT2D eigenvalue weighted by Crippen LogP contribution is -2.46. The van der Waals surface area contributed by atoms with Crippen LogP contribution in [0.2, 0.25) is 0 Å². The van der Waals surface area contributed by atoms with Gasteiger partial charge in [0.15, 0.2) is 5.78 Å². The van der Waals surface area contributed by atoms with Gasteiger partial charge in [-0.1, -0.05) is 49.1 Å². The predicted octanol–water partition coefficient (Wildman–Crippen LogP) is 5.23. The number of ketones is 1. The van der Waals surface area contributed by atoms with E-state index in [4.69, 9.17) is 5.73 Å². The molecule has 1 aromatic heterocycles. The predicted molar refractivity (Wildman–Crippen MR) is 159 cm³/mol. The fourth-order valence-corrected chi connectivity index (χ4v) is 5.38. The number of hydrogen-bond donors (Lipinski definition) is 3. The van der Waals surface area contributed by atoms with E-state index in [-0.39, 0.29) is 23.8 Å². The van der Waals surface area contributed by atoms with Crippen LogP contribution < -0.4 is 16.4 Å². The zero-order valence-corrected chi connectivity index (χ0v) is 23.5. The lowest BCUT2D eigenvalue weighted by molar-refractivity contribution is -0.121. The molecule has 0 amide bonds. The maximum absolute atomic E-state index is 13.3. The van der Waals surface area contributed by atoms with Crippen molar-refractivity contribution in [2.24, 2.45) is 5.92 Å². The number of carbonyl (C=O) groups excluding carboxylic acids is 1. The smallest absolute Gasteiger partial charge is 0.168 e. The number of nitrogen functional groups attached to an aromatic ring is 1. The molecule has 1 fully saturated rings. The highest BCUT2D eigenvalue weighted by molar-refractivity contribution is 5.85. The van der Waals surface area contributed by atoms with Gasteiger partial charge in [-0.3, -0.25) is 9.69 Å². The molecule has 4 N–H and O–H groups in total. The number of allylic oxidation sites excluding steroid dienone is 3. The third-order valence-electron chi connectivity index (χ3n) is 7.73. The van der Waals surface area contributed by atoms with Crippen LogP contribution in [0.3, 0.4) is 0 Å². The molecule has 2 heterocycles. The third kappa shape index (κ3) is 8.63. The Labute approximate surface area is 229 Å². The fourth-order valence-electron chi connectivity index (χ4n) is 5.38. The van der Waals surface area contributed by atoms with Gasteiger partial charge >= 0.3 is 0 Å². The quantitative estimate of drug-likeness (QED) is 0.277. The number of hydrogen-bond acceptors (Lipinski definition) is 6. The second-order valence-corrected chi connectivity index (χ2v) is 10.6. The van der Waals surface area contributed by atoms with Crippen molar-refractivity contribution < 1.29 is 4.79 Å². The highest BCUT2D eigenvalue weighted by Crippen LogP contribution is 2.30. The van der Waals surface area contributed by atoms with Gasteiger partial charge in [0.25, 0.3) is 0 Å². The summed E-state index contributed by atoms with van der Waals surface area (Å²) in [6, 6.07) is 3.65. The van der Waals surface area contributed by atoms with Crippen LogP contribution >= 0.6 is 0 Å². The summed E-state index contributed by atoms with van der Waals surface area (Å²) in [4.78, 5) is 19.7. The van der Waals surface area contributed by atoms with E-state index >= 15 is 0 Å². The first-order valence-electron chi connectivity index (χ1n) is 13.9. The number of aromatic nitrogens is 1. The Hall–Kier alpha value is -3.30. The van der Waals surface area contributed by atoms with Gasteiger partial charge in [0, 0.05) is 41.7 Å². The molecule has 1 aliphatic carbocycles. The molecule has 0 radical (unpaired) electrons. The van der Waals surface area contributed by atoms with Gasteiger partial charge < -0.3 is 16.4 Å². The number of rotatable bonds is 11. The highest BCUT2D eigenvalue weighted by atomic mass is 16.1. The topological polar surface area (TPSA) is 83.3 Å². The van der Waals surface area contributed by atoms with Gasteiger partial charge in [0.2, 0.25) is 0 Å².